The third-order valence-corrected chi connectivity index (χ3v) is 4.08. The fraction of sp³-hybridized carbons (Fsp3) is 0.375. The van der Waals surface area contributed by atoms with E-state index in [-0.39, 0.29) is 11.6 Å². The van der Waals surface area contributed by atoms with Crippen LogP contribution in [0.4, 0.5) is 4.39 Å². The van der Waals surface area contributed by atoms with Crippen molar-refractivity contribution in [1.82, 2.24) is 10.3 Å². The van der Waals surface area contributed by atoms with Crippen LogP contribution < -0.4 is 5.32 Å². The molecule has 1 saturated heterocycles. The maximum atomic E-state index is 13.7. The summed E-state index contributed by atoms with van der Waals surface area (Å²) in [5, 5.41) is 12.2. The van der Waals surface area contributed by atoms with E-state index in [1.54, 1.807) is 6.07 Å². The summed E-state index contributed by atoms with van der Waals surface area (Å²) in [5.74, 6) is -2.38. The molecule has 23 heavy (non-hydrogen) atoms. The Hall–Kier alpha value is -2.41. The molecule has 2 unspecified atom stereocenters. The van der Waals surface area contributed by atoms with Crippen molar-refractivity contribution in [2.24, 2.45) is 5.92 Å². The minimum atomic E-state index is -1.10. The van der Waals surface area contributed by atoms with E-state index in [1.807, 2.05) is 0 Å². The van der Waals surface area contributed by atoms with Crippen LogP contribution in [0, 0.1) is 11.7 Å². The van der Waals surface area contributed by atoms with E-state index in [2.05, 4.69) is 10.3 Å². The molecule has 1 aromatic heterocycles. The van der Waals surface area contributed by atoms with E-state index in [1.165, 1.54) is 18.2 Å². The van der Waals surface area contributed by atoms with Crippen molar-refractivity contribution in [3.05, 3.63) is 35.8 Å². The van der Waals surface area contributed by atoms with Gasteiger partial charge in [-0.1, -0.05) is 6.07 Å². The van der Waals surface area contributed by atoms with Gasteiger partial charge in [0.05, 0.1) is 6.61 Å². The molecule has 1 aliphatic rings. The Labute approximate surface area is 131 Å². The molecular formula is C16H17FN2O4. The van der Waals surface area contributed by atoms with Crippen molar-refractivity contribution in [2.45, 2.75) is 18.9 Å². The van der Waals surface area contributed by atoms with Gasteiger partial charge in [0.25, 0.3) is 5.91 Å². The first-order valence-electron chi connectivity index (χ1n) is 7.45. The van der Waals surface area contributed by atoms with Gasteiger partial charge in [0.15, 0.2) is 0 Å². The van der Waals surface area contributed by atoms with Crippen molar-refractivity contribution in [3.63, 3.8) is 0 Å². The number of aromatic nitrogens is 1. The number of amides is 1. The summed E-state index contributed by atoms with van der Waals surface area (Å²) >= 11 is 0. The fourth-order valence-corrected chi connectivity index (χ4v) is 2.87. The van der Waals surface area contributed by atoms with Crippen LogP contribution in [0.5, 0.6) is 0 Å². The molecule has 1 amide bonds. The van der Waals surface area contributed by atoms with Gasteiger partial charge in [-0.05, 0) is 31.0 Å². The Balaban J connectivity index is 1.80. The topological polar surface area (TPSA) is 91.4 Å². The van der Waals surface area contributed by atoms with Crippen LogP contribution in [0.3, 0.4) is 0 Å². The number of hydrogen-bond acceptors (Lipinski definition) is 3. The van der Waals surface area contributed by atoms with Crippen molar-refractivity contribution >= 4 is 22.8 Å². The molecule has 2 heterocycles. The molecule has 7 heteroatoms. The summed E-state index contributed by atoms with van der Waals surface area (Å²) in [6.07, 6.45) is 1.44. The number of ether oxygens (including phenoxy) is 1. The number of carboxylic acids is 1. The largest absolute Gasteiger partial charge is 0.480 e. The van der Waals surface area contributed by atoms with Gasteiger partial charge in [0.1, 0.15) is 17.6 Å². The summed E-state index contributed by atoms with van der Waals surface area (Å²) < 4.78 is 19.0. The number of carbonyl (C=O) groups is 2. The van der Waals surface area contributed by atoms with E-state index in [0.29, 0.717) is 30.5 Å². The molecular weight excluding hydrogens is 303 g/mol. The average molecular weight is 320 g/mol. The maximum absolute atomic E-state index is 13.7. The second kappa shape index (κ2) is 6.37. The van der Waals surface area contributed by atoms with E-state index in [0.717, 1.165) is 6.42 Å². The molecule has 1 aliphatic heterocycles. The molecule has 0 saturated carbocycles. The molecule has 6 nitrogen and oxygen atoms in total. The molecule has 1 aromatic carbocycles. The van der Waals surface area contributed by atoms with Gasteiger partial charge >= 0.3 is 5.97 Å². The van der Waals surface area contributed by atoms with Gasteiger partial charge < -0.3 is 20.1 Å². The summed E-state index contributed by atoms with van der Waals surface area (Å²) in [7, 11) is 0. The monoisotopic (exact) mass is 320 g/mol. The molecule has 1 fully saturated rings. The number of aliphatic carboxylic acids is 1. The number of rotatable bonds is 4. The Morgan fingerprint density at radius 1 is 1.43 bits per heavy atom. The molecule has 0 spiro atoms. The van der Waals surface area contributed by atoms with E-state index in [9.17, 15) is 19.1 Å². The predicted octanol–water partition coefficient (Wildman–Crippen LogP) is 1.92. The molecule has 0 bridgehead atoms. The normalized spacial score (nSPS) is 19.4. The van der Waals surface area contributed by atoms with E-state index < -0.39 is 23.7 Å². The summed E-state index contributed by atoms with van der Waals surface area (Å²) in [6.45, 7) is 0.913. The highest BCUT2D eigenvalue weighted by atomic mass is 19.1. The number of carboxylic acid groups (broad SMARTS) is 1. The van der Waals surface area contributed by atoms with Gasteiger partial charge in [-0.25, -0.2) is 9.18 Å². The zero-order valence-electron chi connectivity index (χ0n) is 12.3. The highest BCUT2D eigenvalue weighted by molar-refractivity contribution is 5.99. The molecule has 3 rings (SSSR count). The lowest BCUT2D eigenvalue weighted by molar-refractivity contribution is -0.142. The van der Waals surface area contributed by atoms with Gasteiger partial charge in [-0.2, -0.15) is 0 Å². The lowest BCUT2D eigenvalue weighted by atomic mass is 9.93. The van der Waals surface area contributed by atoms with Gasteiger partial charge in [-0.15, -0.1) is 0 Å². The number of benzene rings is 1. The third-order valence-electron chi connectivity index (χ3n) is 4.08. The minimum absolute atomic E-state index is 0.132. The van der Waals surface area contributed by atoms with Crippen LogP contribution >= 0.6 is 0 Å². The number of aromatic amines is 1. The van der Waals surface area contributed by atoms with Gasteiger partial charge in [0, 0.05) is 23.4 Å². The standard InChI is InChI=1S/C16H17FN2O4/c17-11-4-1-5-12-10(11)7-13(18-12)15(20)19-14(16(21)22)9-3-2-6-23-8-9/h1,4-5,7,9,14,18H,2-3,6,8H2,(H,19,20)(H,21,22). The maximum Gasteiger partial charge on any atom is 0.326 e. The van der Waals surface area contributed by atoms with Crippen molar-refractivity contribution in [3.8, 4) is 0 Å². The SMILES string of the molecule is O=C(NC(C(=O)O)C1CCCOC1)c1cc2c(F)cccc2[nH]1. The molecule has 122 valence electrons. The average Bonchev–Trinajstić information content (AvgIpc) is 2.99. The Bertz CT molecular complexity index is 737. The quantitative estimate of drug-likeness (QED) is 0.802. The van der Waals surface area contributed by atoms with Crippen molar-refractivity contribution in [1.29, 1.82) is 0 Å². The Morgan fingerprint density at radius 2 is 2.26 bits per heavy atom. The number of carbonyl (C=O) groups excluding carboxylic acids is 1. The van der Waals surface area contributed by atoms with E-state index >= 15 is 0 Å². The first-order valence-corrected chi connectivity index (χ1v) is 7.45. The number of nitrogens with one attached hydrogen (secondary N) is 2. The Morgan fingerprint density at radius 3 is 2.91 bits per heavy atom. The minimum Gasteiger partial charge on any atom is -0.480 e. The summed E-state index contributed by atoms with van der Waals surface area (Å²) in [5.41, 5.74) is 0.621. The van der Waals surface area contributed by atoms with E-state index in [4.69, 9.17) is 4.74 Å². The number of fused-ring (bicyclic) bond motifs is 1. The first-order chi connectivity index (χ1) is 11.1. The zero-order valence-corrected chi connectivity index (χ0v) is 12.3. The highest BCUT2D eigenvalue weighted by Gasteiger charge is 2.31. The van der Waals surface area contributed by atoms with Crippen LogP contribution in [-0.4, -0.2) is 41.2 Å². The Kier molecular flexibility index (Phi) is 4.29. The van der Waals surface area contributed by atoms with Crippen LogP contribution in [-0.2, 0) is 9.53 Å². The van der Waals surface area contributed by atoms with Gasteiger partial charge in [0.2, 0.25) is 0 Å². The van der Waals surface area contributed by atoms with Gasteiger partial charge in [-0.3, -0.25) is 4.79 Å². The van der Waals surface area contributed by atoms with Crippen molar-refractivity contribution in [2.75, 3.05) is 13.2 Å². The second-order valence-electron chi connectivity index (χ2n) is 5.65. The molecule has 3 N–H and O–H groups in total. The lowest BCUT2D eigenvalue weighted by Gasteiger charge is -2.27. The first kappa shape index (κ1) is 15.5. The van der Waals surface area contributed by atoms with Crippen LogP contribution in [0.25, 0.3) is 10.9 Å². The van der Waals surface area contributed by atoms with Crippen LogP contribution in [0.15, 0.2) is 24.3 Å². The summed E-state index contributed by atoms with van der Waals surface area (Å²) in [6, 6.07) is 4.85. The number of hydrogen-bond donors (Lipinski definition) is 3. The van der Waals surface area contributed by atoms with Crippen LogP contribution in [0.1, 0.15) is 23.3 Å². The highest BCUT2D eigenvalue weighted by Crippen LogP contribution is 2.20. The predicted molar refractivity (Wildman–Crippen MR) is 80.7 cm³/mol. The number of H-pyrrole nitrogens is 1. The molecule has 2 atom stereocenters. The molecule has 0 aliphatic carbocycles. The zero-order chi connectivity index (χ0) is 16.4. The fourth-order valence-electron chi connectivity index (χ4n) is 2.87. The van der Waals surface area contributed by atoms with Crippen molar-refractivity contribution < 1.29 is 23.8 Å². The summed E-state index contributed by atoms with van der Waals surface area (Å²) in [4.78, 5) is 26.6. The lowest BCUT2D eigenvalue weighted by Crippen LogP contribution is -2.48. The second-order valence-corrected chi connectivity index (χ2v) is 5.65. The van der Waals surface area contributed by atoms with Crippen LogP contribution in [0.2, 0.25) is 0 Å². The third kappa shape index (κ3) is 3.19. The molecule has 0 radical (unpaired) electrons. The smallest absolute Gasteiger partial charge is 0.326 e. The molecule has 2 aromatic rings. The number of halogens is 1.